The number of ether oxygens (including phenoxy) is 3. The van der Waals surface area contributed by atoms with Crippen LogP contribution in [0.3, 0.4) is 0 Å². The molecule has 1 aromatic carbocycles. The number of phenols is 1. The van der Waals surface area contributed by atoms with Gasteiger partial charge in [-0.05, 0) is 23.8 Å². The summed E-state index contributed by atoms with van der Waals surface area (Å²) < 4.78 is 15.0. The highest BCUT2D eigenvalue weighted by Crippen LogP contribution is 2.28. The molecule has 116 valence electrons. The maximum atomic E-state index is 11.4. The first-order valence-corrected chi connectivity index (χ1v) is 6.62. The molecular formula is C16H16O6. The van der Waals surface area contributed by atoms with Crippen LogP contribution in [0.5, 0.6) is 11.5 Å². The van der Waals surface area contributed by atoms with Gasteiger partial charge in [0.2, 0.25) is 0 Å². The average molecular weight is 304 g/mol. The second-order valence-corrected chi connectivity index (χ2v) is 4.67. The quantitative estimate of drug-likeness (QED) is 0.678. The van der Waals surface area contributed by atoms with Gasteiger partial charge in [-0.3, -0.25) is 4.79 Å². The Balaban J connectivity index is 2.07. The summed E-state index contributed by atoms with van der Waals surface area (Å²) in [5.41, 5.74) is 0.679. The molecule has 0 spiro atoms. The van der Waals surface area contributed by atoms with Gasteiger partial charge in [0, 0.05) is 13.3 Å². The van der Waals surface area contributed by atoms with E-state index in [-0.39, 0.29) is 11.5 Å². The minimum Gasteiger partial charge on any atom is -0.504 e. The van der Waals surface area contributed by atoms with E-state index < -0.39 is 18.0 Å². The molecule has 1 unspecified atom stereocenters. The molecular weight excluding hydrogens is 288 g/mol. The number of carbonyl (C=O) groups excluding carboxylic acids is 2. The molecule has 1 aliphatic rings. The largest absolute Gasteiger partial charge is 0.504 e. The Morgan fingerprint density at radius 3 is 2.86 bits per heavy atom. The van der Waals surface area contributed by atoms with Gasteiger partial charge in [-0.15, -0.1) is 0 Å². The third-order valence-electron chi connectivity index (χ3n) is 2.95. The highest BCUT2D eigenvalue weighted by atomic mass is 16.6. The third kappa shape index (κ3) is 4.12. The predicted molar refractivity (Wildman–Crippen MR) is 78.0 cm³/mol. The number of methoxy groups -OCH3 is 1. The van der Waals surface area contributed by atoms with Crippen LogP contribution in [-0.2, 0) is 19.1 Å². The number of esters is 2. The van der Waals surface area contributed by atoms with Gasteiger partial charge in [0.15, 0.2) is 11.5 Å². The standard InChI is InChI=1S/C16H16O6/c1-10(17)21-15-6-4-11(7-14(15)18)3-5-12-8-13(20-2)9-16(19)22-12/h3-7,9,12,18H,8H2,1-2H3/b5-3+. The number of carbonyl (C=O) groups is 2. The van der Waals surface area contributed by atoms with Gasteiger partial charge in [-0.2, -0.15) is 0 Å². The summed E-state index contributed by atoms with van der Waals surface area (Å²) in [4.78, 5) is 22.2. The zero-order valence-corrected chi connectivity index (χ0v) is 12.2. The number of hydrogen-bond acceptors (Lipinski definition) is 6. The molecule has 1 heterocycles. The lowest BCUT2D eigenvalue weighted by molar-refractivity contribution is -0.142. The smallest absolute Gasteiger partial charge is 0.334 e. The Bertz CT molecular complexity index is 644. The van der Waals surface area contributed by atoms with Crippen LogP contribution in [0, 0.1) is 0 Å². The molecule has 0 saturated heterocycles. The molecule has 1 atom stereocenters. The first-order chi connectivity index (χ1) is 10.5. The van der Waals surface area contributed by atoms with E-state index in [9.17, 15) is 14.7 Å². The van der Waals surface area contributed by atoms with Crippen LogP contribution in [-0.4, -0.2) is 30.3 Å². The molecule has 0 amide bonds. The topological polar surface area (TPSA) is 82.1 Å². The van der Waals surface area contributed by atoms with Crippen molar-refractivity contribution < 1.29 is 28.9 Å². The third-order valence-corrected chi connectivity index (χ3v) is 2.95. The summed E-state index contributed by atoms with van der Waals surface area (Å²) in [6, 6.07) is 4.61. The molecule has 1 aliphatic heterocycles. The molecule has 1 N–H and O–H groups in total. The van der Waals surface area contributed by atoms with Crippen molar-refractivity contribution in [1.29, 1.82) is 0 Å². The van der Waals surface area contributed by atoms with E-state index in [1.807, 2.05) is 0 Å². The van der Waals surface area contributed by atoms with Crippen LogP contribution in [0.4, 0.5) is 0 Å². The molecule has 0 radical (unpaired) electrons. The predicted octanol–water partition coefficient (Wildman–Crippen LogP) is 2.18. The lowest BCUT2D eigenvalue weighted by atomic mass is 10.1. The fraction of sp³-hybridized carbons (Fsp3) is 0.250. The molecule has 6 heteroatoms. The number of rotatable bonds is 4. The monoisotopic (exact) mass is 304 g/mol. The van der Waals surface area contributed by atoms with Gasteiger partial charge in [0.1, 0.15) is 11.9 Å². The summed E-state index contributed by atoms with van der Waals surface area (Å²) in [6.07, 6.45) is 4.74. The second-order valence-electron chi connectivity index (χ2n) is 4.67. The average Bonchev–Trinajstić information content (AvgIpc) is 2.46. The summed E-state index contributed by atoms with van der Waals surface area (Å²) in [5.74, 6) is -0.454. The van der Waals surface area contributed by atoms with Crippen molar-refractivity contribution in [2.45, 2.75) is 19.4 Å². The normalized spacial score (nSPS) is 17.8. The lowest BCUT2D eigenvalue weighted by Crippen LogP contribution is -2.21. The molecule has 6 nitrogen and oxygen atoms in total. The summed E-state index contributed by atoms with van der Waals surface area (Å²) in [7, 11) is 1.50. The highest BCUT2D eigenvalue weighted by Gasteiger charge is 2.19. The summed E-state index contributed by atoms with van der Waals surface area (Å²) in [6.45, 7) is 1.26. The number of aromatic hydroxyl groups is 1. The van der Waals surface area contributed by atoms with E-state index >= 15 is 0 Å². The van der Waals surface area contributed by atoms with Crippen molar-refractivity contribution >= 4 is 18.0 Å². The van der Waals surface area contributed by atoms with Gasteiger partial charge in [0.25, 0.3) is 0 Å². The van der Waals surface area contributed by atoms with E-state index in [4.69, 9.17) is 14.2 Å². The van der Waals surface area contributed by atoms with E-state index in [0.717, 1.165) is 0 Å². The molecule has 0 aromatic heterocycles. The van der Waals surface area contributed by atoms with E-state index in [1.165, 1.54) is 32.2 Å². The van der Waals surface area contributed by atoms with Crippen LogP contribution in [0.2, 0.25) is 0 Å². The summed E-state index contributed by atoms with van der Waals surface area (Å²) in [5, 5.41) is 9.77. The van der Waals surface area contributed by atoms with Crippen LogP contribution in [0.1, 0.15) is 18.9 Å². The van der Waals surface area contributed by atoms with Crippen molar-refractivity contribution in [2.24, 2.45) is 0 Å². The second kappa shape index (κ2) is 6.80. The van der Waals surface area contributed by atoms with Crippen molar-refractivity contribution in [3.63, 3.8) is 0 Å². The Hall–Kier alpha value is -2.76. The number of benzene rings is 1. The van der Waals surface area contributed by atoms with Crippen LogP contribution in [0.25, 0.3) is 6.08 Å². The van der Waals surface area contributed by atoms with E-state index in [1.54, 1.807) is 18.2 Å². The van der Waals surface area contributed by atoms with Gasteiger partial charge in [-0.25, -0.2) is 4.79 Å². The fourth-order valence-electron chi connectivity index (χ4n) is 1.96. The molecule has 0 aliphatic carbocycles. The van der Waals surface area contributed by atoms with Crippen LogP contribution >= 0.6 is 0 Å². The lowest BCUT2D eigenvalue weighted by Gasteiger charge is -2.19. The number of phenolic OH excluding ortho intramolecular Hbond substituents is 1. The van der Waals surface area contributed by atoms with Gasteiger partial charge < -0.3 is 19.3 Å². The highest BCUT2D eigenvalue weighted by molar-refractivity contribution is 5.83. The molecule has 0 bridgehead atoms. The zero-order valence-electron chi connectivity index (χ0n) is 12.2. The zero-order chi connectivity index (χ0) is 16.1. The van der Waals surface area contributed by atoms with Gasteiger partial charge >= 0.3 is 11.9 Å². The fourth-order valence-corrected chi connectivity index (χ4v) is 1.96. The maximum Gasteiger partial charge on any atom is 0.334 e. The van der Waals surface area contributed by atoms with E-state index in [2.05, 4.69) is 0 Å². The Kier molecular flexibility index (Phi) is 4.83. The SMILES string of the molecule is COC1=CC(=O)OC(/C=C/c2ccc(OC(C)=O)c(O)c2)C1. The van der Waals surface area contributed by atoms with Crippen molar-refractivity contribution in [1.82, 2.24) is 0 Å². The van der Waals surface area contributed by atoms with Crippen molar-refractivity contribution in [3.05, 3.63) is 41.7 Å². The van der Waals surface area contributed by atoms with Crippen LogP contribution < -0.4 is 4.74 Å². The number of hydrogen-bond donors (Lipinski definition) is 1. The molecule has 0 fully saturated rings. The maximum absolute atomic E-state index is 11.4. The molecule has 0 saturated carbocycles. The first kappa shape index (κ1) is 15.6. The van der Waals surface area contributed by atoms with Crippen LogP contribution in [0.15, 0.2) is 36.1 Å². The van der Waals surface area contributed by atoms with E-state index in [0.29, 0.717) is 17.7 Å². The summed E-state index contributed by atoms with van der Waals surface area (Å²) >= 11 is 0. The molecule has 1 aromatic rings. The van der Waals surface area contributed by atoms with Crippen molar-refractivity contribution in [3.8, 4) is 11.5 Å². The van der Waals surface area contributed by atoms with Crippen molar-refractivity contribution in [2.75, 3.05) is 7.11 Å². The minimum absolute atomic E-state index is 0.0957. The minimum atomic E-state index is -0.508. The Morgan fingerprint density at radius 1 is 1.45 bits per heavy atom. The molecule has 22 heavy (non-hydrogen) atoms. The Morgan fingerprint density at radius 2 is 2.23 bits per heavy atom. The van der Waals surface area contributed by atoms with Gasteiger partial charge in [-0.1, -0.05) is 12.1 Å². The van der Waals surface area contributed by atoms with Gasteiger partial charge in [0.05, 0.1) is 13.2 Å². The number of cyclic esters (lactones) is 1. The molecule has 2 rings (SSSR count). The first-order valence-electron chi connectivity index (χ1n) is 6.62. The Labute approximate surface area is 127 Å².